The maximum absolute atomic E-state index is 5.43. The second-order valence-corrected chi connectivity index (χ2v) is 6.50. The van der Waals surface area contributed by atoms with E-state index in [1.165, 1.54) is 5.69 Å². The number of piperazine rings is 1. The molecule has 3 heterocycles. The van der Waals surface area contributed by atoms with Crippen LogP contribution in [0.2, 0.25) is 0 Å². The van der Waals surface area contributed by atoms with Crippen LogP contribution in [0.4, 0.5) is 5.69 Å². The fraction of sp³-hybridized carbons (Fsp3) is 0.350. The van der Waals surface area contributed by atoms with Crippen LogP contribution in [0.15, 0.2) is 53.8 Å². The molecule has 0 bridgehead atoms. The standard InChI is InChI=1S/C20H22N4/c1-2-17-6-8-19(9-7-17)23-13-11-22(12-14-23)16-18-15-21-24-10-4-3-5-20(18)24/h1,3-10,15,18,20H,11-14,16H2. The van der Waals surface area contributed by atoms with Gasteiger partial charge >= 0.3 is 0 Å². The average Bonchev–Trinajstić information content (AvgIpc) is 3.06. The Labute approximate surface area is 143 Å². The summed E-state index contributed by atoms with van der Waals surface area (Å²) in [4.78, 5) is 4.99. The number of hydrazone groups is 1. The largest absolute Gasteiger partial charge is 0.369 e. The van der Waals surface area contributed by atoms with Crippen LogP contribution in [-0.4, -0.2) is 54.9 Å². The molecular formula is C20H22N4. The van der Waals surface area contributed by atoms with Crippen LogP contribution in [0.5, 0.6) is 0 Å². The van der Waals surface area contributed by atoms with Gasteiger partial charge < -0.3 is 4.90 Å². The van der Waals surface area contributed by atoms with E-state index in [0.717, 1.165) is 38.3 Å². The first-order chi connectivity index (χ1) is 11.8. The van der Waals surface area contributed by atoms with Gasteiger partial charge in [0.05, 0.1) is 6.04 Å². The number of anilines is 1. The molecule has 3 aliphatic heterocycles. The van der Waals surface area contributed by atoms with E-state index in [1.54, 1.807) is 0 Å². The molecule has 122 valence electrons. The van der Waals surface area contributed by atoms with Gasteiger partial charge in [0.2, 0.25) is 0 Å². The lowest BCUT2D eigenvalue weighted by molar-refractivity contribution is 0.213. The molecule has 0 aliphatic carbocycles. The number of fused-ring (bicyclic) bond motifs is 1. The van der Waals surface area contributed by atoms with Crippen molar-refractivity contribution in [2.75, 3.05) is 37.6 Å². The number of rotatable bonds is 3. The molecule has 0 spiro atoms. The normalized spacial score (nSPS) is 25.8. The van der Waals surface area contributed by atoms with Gasteiger partial charge in [-0.15, -0.1) is 6.42 Å². The lowest BCUT2D eigenvalue weighted by Gasteiger charge is -2.37. The van der Waals surface area contributed by atoms with Crippen LogP contribution < -0.4 is 4.90 Å². The van der Waals surface area contributed by atoms with Gasteiger partial charge in [0.15, 0.2) is 0 Å². The molecule has 2 atom stereocenters. The Morgan fingerprint density at radius 1 is 1.08 bits per heavy atom. The summed E-state index contributed by atoms with van der Waals surface area (Å²) in [5, 5.41) is 6.56. The molecule has 4 nitrogen and oxygen atoms in total. The molecule has 1 aromatic carbocycles. The molecule has 0 saturated carbocycles. The molecule has 0 aromatic heterocycles. The van der Waals surface area contributed by atoms with Gasteiger partial charge in [0, 0.05) is 62.3 Å². The zero-order chi connectivity index (χ0) is 16.4. The SMILES string of the molecule is C#Cc1ccc(N2CCN(CC3C=NN4C=CC=CC34)CC2)cc1. The lowest BCUT2D eigenvalue weighted by Crippen LogP contribution is -2.49. The van der Waals surface area contributed by atoms with Gasteiger partial charge in [0.25, 0.3) is 0 Å². The highest BCUT2D eigenvalue weighted by Crippen LogP contribution is 2.24. The highest BCUT2D eigenvalue weighted by atomic mass is 15.5. The van der Waals surface area contributed by atoms with Gasteiger partial charge in [-0.05, 0) is 30.3 Å². The third-order valence-corrected chi connectivity index (χ3v) is 5.03. The number of benzene rings is 1. The maximum Gasteiger partial charge on any atom is 0.0792 e. The average molecular weight is 318 g/mol. The molecule has 3 aliphatic rings. The zero-order valence-corrected chi connectivity index (χ0v) is 13.8. The topological polar surface area (TPSA) is 22.1 Å². The molecule has 0 amide bonds. The highest BCUT2D eigenvalue weighted by Gasteiger charge is 2.31. The number of hydrogen-bond donors (Lipinski definition) is 0. The Morgan fingerprint density at radius 2 is 1.88 bits per heavy atom. The van der Waals surface area contributed by atoms with E-state index in [2.05, 4.69) is 62.5 Å². The van der Waals surface area contributed by atoms with E-state index in [4.69, 9.17) is 6.42 Å². The third kappa shape index (κ3) is 2.95. The number of terminal acetylenes is 1. The first-order valence-electron chi connectivity index (χ1n) is 8.55. The second kappa shape index (κ2) is 6.54. The first-order valence-corrected chi connectivity index (χ1v) is 8.55. The Hall–Kier alpha value is -2.51. The molecule has 1 aromatic rings. The quantitative estimate of drug-likeness (QED) is 0.798. The molecule has 24 heavy (non-hydrogen) atoms. The van der Waals surface area contributed by atoms with Gasteiger partial charge in [0.1, 0.15) is 0 Å². The summed E-state index contributed by atoms with van der Waals surface area (Å²) in [6, 6.07) is 8.70. The Balaban J connectivity index is 1.32. The summed E-state index contributed by atoms with van der Waals surface area (Å²) in [5.74, 6) is 3.15. The van der Waals surface area contributed by atoms with Crippen molar-refractivity contribution < 1.29 is 0 Å². The van der Waals surface area contributed by atoms with E-state index < -0.39 is 0 Å². The highest BCUT2D eigenvalue weighted by molar-refractivity contribution is 5.65. The summed E-state index contributed by atoms with van der Waals surface area (Å²) in [6.07, 6.45) is 16.0. The fourth-order valence-electron chi connectivity index (χ4n) is 3.62. The summed E-state index contributed by atoms with van der Waals surface area (Å²) in [6.45, 7) is 5.38. The smallest absolute Gasteiger partial charge is 0.0792 e. The van der Waals surface area contributed by atoms with E-state index in [9.17, 15) is 0 Å². The van der Waals surface area contributed by atoms with Crippen molar-refractivity contribution in [3.8, 4) is 12.3 Å². The van der Waals surface area contributed by atoms with E-state index >= 15 is 0 Å². The van der Waals surface area contributed by atoms with E-state index in [1.807, 2.05) is 18.2 Å². The monoisotopic (exact) mass is 318 g/mol. The van der Waals surface area contributed by atoms with Crippen molar-refractivity contribution in [2.45, 2.75) is 6.04 Å². The third-order valence-electron chi connectivity index (χ3n) is 5.03. The van der Waals surface area contributed by atoms with Crippen molar-refractivity contribution >= 4 is 11.9 Å². The van der Waals surface area contributed by atoms with Crippen LogP contribution in [0.1, 0.15) is 5.56 Å². The van der Waals surface area contributed by atoms with Crippen LogP contribution in [0.25, 0.3) is 0 Å². The van der Waals surface area contributed by atoms with Gasteiger partial charge in [-0.3, -0.25) is 9.91 Å². The summed E-state index contributed by atoms with van der Waals surface area (Å²) >= 11 is 0. The predicted molar refractivity (Wildman–Crippen MR) is 98.9 cm³/mol. The minimum Gasteiger partial charge on any atom is -0.369 e. The Bertz CT molecular complexity index is 702. The molecule has 1 saturated heterocycles. The van der Waals surface area contributed by atoms with Crippen molar-refractivity contribution in [3.05, 3.63) is 54.3 Å². The minimum absolute atomic E-state index is 0.393. The first kappa shape index (κ1) is 15.0. The maximum atomic E-state index is 5.43. The van der Waals surface area contributed by atoms with Gasteiger partial charge in [-0.2, -0.15) is 5.10 Å². The summed E-state index contributed by atoms with van der Waals surface area (Å²) in [7, 11) is 0. The van der Waals surface area contributed by atoms with Gasteiger partial charge in [-0.1, -0.05) is 18.1 Å². The molecule has 1 fully saturated rings. The van der Waals surface area contributed by atoms with Crippen molar-refractivity contribution in [2.24, 2.45) is 11.0 Å². The van der Waals surface area contributed by atoms with Crippen molar-refractivity contribution in [1.82, 2.24) is 9.91 Å². The molecule has 4 heteroatoms. The molecule has 2 unspecified atom stereocenters. The van der Waals surface area contributed by atoms with Crippen LogP contribution in [0, 0.1) is 18.3 Å². The fourth-order valence-corrected chi connectivity index (χ4v) is 3.62. The van der Waals surface area contributed by atoms with Gasteiger partial charge in [-0.25, -0.2) is 0 Å². The molecular weight excluding hydrogens is 296 g/mol. The summed E-state index contributed by atoms with van der Waals surface area (Å²) in [5.41, 5.74) is 2.21. The lowest BCUT2D eigenvalue weighted by atomic mass is 9.99. The minimum atomic E-state index is 0.393. The van der Waals surface area contributed by atoms with Crippen molar-refractivity contribution in [3.63, 3.8) is 0 Å². The molecule has 0 N–H and O–H groups in total. The summed E-state index contributed by atoms with van der Waals surface area (Å²) < 4.78 is 0. The second-order valence-electron chi connectivity index (χ2n) is 6.50. The van der Waals surface area contributed by atoms with Crippen LogP contribution in [-0.2, 0) is 0 Å². The molecule has 4 rings (SSSR count). The van der Waals surface area contributed by atoms with E-state index in [-0.39, 0.29) is 0 Å². The predicted octanol–water partition coefficient (Wildman–Crippen LogP) is 2.16. The number of nitrogens with zero attached hydrogens (tertiary/aromatic N) is 4. The van der Waals surface area contributed by atoms with Crippen molar-refractivity contribution in [1.29, 1.82) is 0 Å². The molecule has 0 radical (unpaired) electrons. The number of hydrogen-bond acceptors (Lipinski definition) is 4. The Kier molecular flexibility index (Phi) is 4.10. The van der Waals surface area contributed by atoms with E-state index in [0.29, 0.717) is 12.0 Å². The van der Waals surface area contributed by atoms with Crippen LogP contribution in [0.3, 0.4) is 0 Å². The number of allylic oxidation sites excluding steroid dienone is 2. The van der Waals surface area contributed by atoms with Crippen LogP contribution >= 0.6 is 0 Å². The Morgan fingerprint density at radius 3 is 2.62 bits per heavy atom. The zero-order valence-electron chi connectivity index (χ0n) is 13.8.